The first-order valence-electron chi connectivity index (χ1n) is 6.35. The van der Waals surface area contributed by atoms with E-state index in [1.165, 1.54) is 24.4 Å². The van der Waals surface area contributed by atoms with Gasteiger partial charge in [-0.1, -0.05) is 11.6 Å². The fourth-order valence-corrected chi connectivity index (χ4v) is 2.08. The lowest BCUT2D eigenvalue weighted by Crippen LogP contribution is -2.17. The molecule has 0 radical (unpaired) electrons. The Bertz CT molecular complexity index is 761. The largest absolute Gasteiger partial charge is 0.507 e. The van der Waals surface area contributed by atoms with Crippen molar-refractivity contribution in [1.29, 1.82) is 0 Å². The lowest BCUT2D eigenvalue weighted by atomic mass is 10.2. The predicted octanol–water partition coefficient (Wildman–Crippen LogP) is 2.54. The van der Waals surface area contributed by atoms with Gasteiger partial charge in [0.25, 0.3) is 5.91 Å². The summed E-state index contributed by atoms with van der Waals surface area (Å²) >= 11 is 5.79. The van der Waals surface area contributed by atoms with Gasteiger partial charge in [-0.25, -0.2) is 5.43 Å². The first-order valence-corrected chi connectivity index (χ1v) is 6.73. The normalized spacial score (nSPS) is 12.6. The number of ether oxygens (including phenoxy) is 2. The van der Waals surface area contributed by atoms with E-state index in [4.69, 9.17) is 21.1 Å². The number of phenols is 1. The summed E-state index contributed by atoms with van der Waals surface area (Å²) in [5.41, 5.74) is 3.11. The van der Waals surface area contributed by atoms with Gasteiger partial charge in [0.1, 0.15) is 5.75 Å². The molecule has 0 spiro atoms. The molecule has 112 valence electrons. The van der Waals surface area contributed by atoms with Crippen molar-refractivity contribution < 1.29 is 19.4 Å². The summed E-state index contributed by atoms with van der Waals surface area (Å²) in [4.78, 5) is 11.9. The minimum Gasteiger partial charge on any atom is -0.507 e. The van der Waals surface area contributed by atoms with E-state index in [0.717, 1.165) is 5.56 Å². The van der Waals surface area contributed by atoms with Crippen LogP contribution in [0.3, 0.4) is 0 Å². The molecular formula is C15H11ClN2O4. The first-order chi connectivity index (χ1) is 10.6. The molecule has 0 saturated carbocycles. The number of hydrogen-bond donors (Lipinski definition) is 2. The summed E-state index contributed by atoms with van der Waals surface area (Å²) in [6.45, 7) is 0.195. The van der Waals surface area contributed by atoms with Gasteiger partial charge in [0.2, 0.25) is 6.79 Å². The topological polar surface area (TPSA) is 80.2 Å². The van der Waals surface area contributed by atoms with Crippen LogP contribution >= 0.6 is 11.6 Å². The van der Waals surface area contributed by atoms with Crippen molar-refractivity contribution in [1.82, 2.24) is 5.43 Å². The molecule has 0 aromatic heterocycles. The number of hydrazone groups is 1. The summed E-state index contributed by atoms with van der Waals surface area (Å²) in [5.74, 6) is 0.574. The second kappa shape index (κ2) is 5.95. The zero-order valence-corrected chi connectivity index (χ0v) is 12.0. The highest BCUT2D eigenvalue weighted by Gasteiger charge is 2.13. The molecule has 0 aliphatic carbocycles. The number of halogens is 1. The molecule has 0 atom stereocenters. The average Bonchev–Trinajstić information content (AvgIpc) is 2.97. The number of fused-ring (bicyclic) bond motifs is 1. The van der Waals surface area contributed by atoms with Crippen LogP contribution in [0.5, 0.6) is 17.2 Å². The van der Waals surface area contributed by atoms with E-state index in [2.05, 4.69) is 10.5 Å². The SMILES string of the molecule is O=C(NN=Cc1ccc2c(c1)OCO2)c1cc(Cl)ccc1O. The number of amides is 1. The number of phenolic OH excluding ortho intramolecular Hbond substituents is 1. The van der Waals surface area contributed by atoms with Crippen molar-refractivity contribution in [2.24, 2.45) is 5.10 Å². The van der Waals surface area contributed by atoms with Gasteiger partial charge < -0.3 is 14.6 Å². The number of rotatable bonds is 3. The third-order valence-corrected chi connectivity index (χ3v) is 3.21. The molecule has 2 aromatic rings. The van der Waals surface area contributed by atoms with Crippen LogP contribution in [0.15, 0.2) is 41.5 Å². The molecule has 0 saturated heterocycles. The maximum absolute atomic E-state index is 11.9. The van der Waals surface area contributed by atoms with Crippen molar-refractivity contribution in [3.63, 3.8) is 0 Å². The molecule has 0 unspecified atom stereocenters. The fraction of sp³-hybridized carbons (Fsp3) is 0.0667. The van der Waals surface area contributed by atoms with Gasteiger partial charge in [-0.05, 0) is 42.0 Å². The number of aromatic hydroxyl groups is 1. The van der Waals surface area contributed by atoms with E-state index in [9.17, 15) is 9.90 Å². The van der Waals surface area contributed by atoms with E-state index in [-0.39, 0.29) is 18.1 Å². The number of carbonyl (C=O) groups excluding carboxylic acids is 1. The highest BCUT2D eigenvalue weighted by atomic mass is 35.5. The Morgan fingerprint density at radius 3 is 2.91 bits per heavy atom. The van der Waals surface area contributed by atoms with Gasteiger partial charge in [-0.3, -0.25) is 4.79 Å². The van der Waals surface area contributed by atoms with E-state index in [1.807, 2.05) is 0 Å². The molecule has 6 nitrogen and oxygen atoms in total. The zero-order chi connectivity index (χ0) is 15.5. The molecular weight excluding hydrogens is 308 g/mol. The van der Waals surface area contributed by atoms with Crippen LogP contribution in [-0.4, -0.2) is 24.0 Å². The third kappa shape index (κ3) is 2.96. The maximum atomic E-state index is 11.9. The van der Waals surface area contributed by atoms with Crippen LogP contribution in [0.1, 0.15) is 15.9 Å². The summed E-state index contributed by atoms with van der Waals surface area (Å²) in [5, 5.41) is 13.8. The van der Waals surface area contributed by atoms with Gasteiger partial charge >= 0.3 is 0 Å². The Labute approximate surface area is 130 Å². The smallest absolute Gasteiger partial charge is 0.275 e. The Balaban J connectivity index is 1.69. The van der Waals surface area contributed by atoms with E-state index < -0.39 is 5.91 Å². The Kier molecular flexibility index (Phi) is 3.84. The van der Waals surface area contributed by atoms with Crippen LogP contribution in [0.4, 0.5) is 0 Å². The molecule has 22 heavy (non-hydrogen) atoms. The maximum Gasteiger partial charge on any atom is 0.275 e. The van der Waals surface area contributed by atoms with Gasteiger partial charge in [-0.2, -0.15) is 5.10 Å². The van der Waals surface area contributed by atoms with Crippen molar-refractivity contribution in [3.05, 3.63) is 52.5 Å². The van der Waals surface area contributed by atoms with Crippen molar-refractivity contribution in [3.8, 4) is 17.2 Å². The molecule has 1 heterocycles. The van der Waals surface area contributed by atoms with Crippen molar-refractivity contribution in [2.75, 3.05) is 6.79 Å². The molecule has 7 heteroatoms. The van der Waals surface area contributed by atoms with Gasteiger partial charge in [0.05, 0.1) is 11.8 Å². The number of hydrogen-bond acceptors (Lipinski definition) is 5. The lowest BCUT2D eigenvalue weighted by Gasteiger charge is -2.03. The van der Waals surface area contributed by atoms with Crippen LogP contribution in [0.25, 0.3) is 0 Å². The van der Waals surface area contributed by atoms with Crippen molar-refractivity contribution in [2.45, 2.75) is 0 Å². The quantitative estimate of drug-likeness (QED) is 0.673. The number of nitrogens with one attached hydrogen (secondary N) is 1. The minimum absolute atomic E-state index is 0.0512. The monoisotopic (exact) mass is 318 g/mol. The average molecular weight is 319 g/mol. The van der Waals surface area contributed by atoms with Crippen LogP contribution in [0, 0.1) is 0 Å². The van der Waals surface area contributed by atoms with Crippen molar-refractivity contribution >= 4 is 23.7 Å². The van der Waals surface area contributed by atoms with Crippen LogP contribution in [-0.2, 0) is 0 Å². The van der Waals surface area contributed by atoms with Gasteiger partial charge in [0, 0.05) is 5.02 Å². The first kappa shape index (κ1) is 14.2. The summed E-state index contributed by atoms with van der Waals surface area (Å²) in [6, 6.07) is 9.48. The zero-order valence-electron chi connectivity index (χ0n) is 11.2. The van der Waals surface area contributed by atoms with E-state index >= 15 is 0 Å². The predicted molar refractivity (Wildman–Crippen MR) is 80.7 cm³/mol. The van der Waals surface area contributed by atoms with Gasteiger partial charge in [-0.15, -0.1) is 0 Å². The third-order valence-electron chi connectivity index (χ3n) is 2.98. The Hall–Kier alpha value is -2.73. The second-order valence-corrected chi connectivity index (χ2v) is 4.91. The lowest BCUT2D eigenvalue weighted by molar-refractivity contribution is 0.0952. The molecule has 0 fully saturated rings. The number of carbonyl (C=O) groups is 1. The van der Waals surface area contributed by atoms with Crippen LogP contribution < -0.4 is 14.9 Å². The molecule has 1 aliphatic rings. The second-order valence-electron chi connectivity index (χ2n) is 4.47. The molecule has 2 aromatic carbocycles. The number of nitrogens with zero attached hydrogens (tertiary/aromatic N) is 1. The molecule has 3 rings (SSSR count). The van der Waals surface area contributed by atoms with E-state index in [1.54, 1.807) is 18.2 Å². The molecule has 0 bridgehead atoms. The summed E-state index contributed by atoms with van der Waals surface area (Å²) in [6.07, 6.45) is 1.46. The minimum atomic E-state index is -0.558. The summed E-state index contributed by atoms with van der Waals surface area (Å²) < 4.78 is 10.4. The highest BCUT2D eigenvalue weighted by Crippen LogP contribution is 2.31. The summed E-state index contributed by atoms with van der Waals surface area (Å²) in [7, 11) is 0. The van der Waals surface area contributed by atoms with Crippen LogP contribution in [0.2, 0.25) is 5.02 Å². The standard InChI is InChI=1S/C15H11ClN2O4/c16-10-2-3-12(19)11(6-10)15(20)18-17-7-9-1-4-13-14(5-9)22-8-21-13/h1-7,19H,8H2,(H,18,20). The fourth-order valence-electron chi connectivity index (χ4n) is 1.91. The molecule has 1 aliphatic heterocycles. The van der Waals surface area contributed by atoms with Gasteiger partial charge in [0.15, 0.2) is 11.5 Å². The molecule has 1 amide bonds. The number of benzene rings is 2. The Morgan fingerprint density at radius 1 is 1.23 bits per heavy atom. The Morgan fingerprint density at radius 2 is 2.05 bits per heavy atom. The van der Waals surface area contributed by atoms with E-state index in [0.29, 0.717) is 16.5 Å². The highest BCUT2D eigenvalue weighted by molar-refractivity contribution is 6.31. The molecule has 2 N–H and O–H groups in total.